The lowest BCUT2D eigenvalue weighted by Gasteiger charge is -2.15. The van der Waals surface area contributed by atoms with Crippen molar-refractivity contribution in [1.82, 2.24) is 4.90 Å². The Kier molecular flexibility index (Phi) is 3.53. The predicted molar refractivity (Wildman–Crippen MR) is 37.0 cm³/mol. The lowest BCUT2D eigenvalue weighted by Crippen LogP contribution is -2.37. The van der Waals surface area contributed by atoms with E-state index >= 15 is 0 Å². The highest BCUT2D eigenvalue weighted by molar-refractivity contribution is 5.83. The molecule has 1 unspecified atom stereocenters. The molecule has 0 radical (unpaired) electrons. The van der Waals surface area contributed by atoms with E-state index in [9.17, 15) is 9.59 Å². The quantitative estimate of drug-likeness (QED) is 0.551. The molecule has 0 aromatic rings. The first-order valence-electron chi connectivity index (χ1n) is 3.10. The maximum atomic E-state index is 10.8. The van der Waals surface area contributed by atoms with Gasteiger partial charge in [0.2, 0.25) is 0 Å². The number of carbonyl (C=O) groups excluding carboxylic acids is 1. The first-order chi connectivity index (χ1) is 4.95. The molecule has 5 heteroatoms. The molecular weight excluding hydrogens is 150 g/mol. The van der Waals surface area contributed by atoms with Gasteiger partial charge in [-0.05, 0) is 6.92 Å². The molecule has 0 saturated carbocycles. The summed E-state index contributed by atoms with van der Waals surface area (Å²) in [4.78, 5) is 21.8. The minimum Gasteiger partial charge on any atom is -0.480 e. The molecule has 0 aliphatic rings. The van der Waals surface area contributed by atoms with Gasteiger partial charge < -0.3 is 15.1 Å². The van der Waals surface area contributed by atoms with E-state index in [1.54, 1.807) is 0 Å². The van der Waals surface area contributed by atoms with Crippen LogP contribution >= 0.6 is 0 Å². The molecule has 0 bridgehead atoms. The van der Waals surface area contributed by atoms with Gasteiger partial charge in [-0.2, -0.15) is 0 Å². The van der Waals surface area contributed by atoms with Crippen molar-refractivity contribution in [1.29, 1.82) is 0 Å². The second-order valence-electron chi connectivity index (χ2n) is 2.26. The molecule has 64 valence electrons. The number of amides is 1. The molecule has 0 heterocycles. The Balaban J connectivity index is 3.93. The molecule has 0 saturated heterocycles. The molecule has 0 rings (SSSR count). The number of carboxylic acid groups (broad SMARTS) is 1. The van der Waals surface area contributed by atoms with Gasteiger partial charge in [0, 0.05) is 7.05 Å². The number of aliphatic hydroxyl groups excluding tert-OH is 1. The van der Waals surface area contributed by atoms with Crippen LogP contribution in [0.2, 0.25) is 0 Å². The molecule has 0 aromatic carbocycles. The Morgan fingerprint density at radius 1 is 1.55 bits per heavy atom. The highest BCUT2D eigenvalue weighted by Gasteiger charge is 2.16. The summed E-state index contributed by atoms with van der Waals surface area (Å²) in [5.41, 5.74) is 0. The van der Waals surface area contributed by atoms with Crippen LogP contribution in [-0.2, 0) is 9.59 Å². The predicted octanol–water partition coefficient (Wildman–Crippen LogP) is -1.09. The molecule has 0 fully saturated rings. The van der Waals surface area contributed by atoms with Crippen molar-refractivity contribution in [2.75, 3.05) is 13.6 Å². The van der Waals surface area contributed by atoms with E-state index in [2.05, 4.69) is 0 Å². The van der Waals surface area contributed by atoms with Gasteiger partial charge in [-0.25, -0.2) is 0 Å². The largest absolute Gasteiger partial charge is 0.480 e. The van der Waals surface area contributed by atoms with E-state index in [1.807, 2.05) is 0 Å². The van der Waals surface area contributed by atoms with Gasteiger partial charge in [-0.1, -0.05) is 0 Å². The lowest BCUT2D eigenvalue weighted by atomic mass is 10.3. The number of carbonyl (C=O) groups is 2. The number of hydrogen-bond donors (Lipinski definition) is 2. The van der Waals surface area contributed by atoms with Crippen molar-refractivity contribution < 1.29 is 19.8 Å². The Bertz CT molecular complexity index is 166. The first kappa shape index (κ1) is 9.90. The summed E-state index contributed by atoms with van der Waals surface area (Å²) in [7, 11) is 1.32. The van der Waals surface area contributed by atoms with Crippen LogP contribution in [0, 0.1) is 0 Å². The van der Waals surface area contributed by atoms with E-state index in [-0.39, 0.29) is 6.54 Å². The van der Waals surface area contributed by atoms with Crippen LogP contribution in [0.1, 0.15) is 6.92 Å². The third kappa shape index (κ3) is 3.57. The van der Waals surface area contributed by atoms with Crippen molar-refractivity contribution in [3.63, 3.8) is 0 Å². The average Bonchev–Trinajstić information content (AvgIpc) is 1.84. The molecule has 0 aliphatic heterocycles. The third-order valence-electron chi connectivity index (χ3n) is 1.11. The van der Waals surface area contributed by atoms with Crippen LogP contribution in [-0.4, -0.2) is 46.7 Å². The summed E-state index contributed by atoms with van der Waals surface area (Å²) in [6.45, 7) is 0.907. The lowest BCUT2D eigenvalue weighted by molar-refractivity contribution is -0.146. The Morgan fingerprint density at radius 2 is 2.00 bits per heavy atom. The number of aliphatic carboxylic acids is 1. The summed E-state index contributed by atoms with van der Waals surface area (Å²) in [5.74, 6) is -1.69. The Hall–Kier alpha value is -1.10. The highest BCUT2D eigenvalue weighted by atomic mass is 16.4. The fourth-order valence-electron chi connectivity index (χ4n) is 0.600. The Labute approximate surface area is 64.2 Å². The van der Waals surface area contributed by atoms with Crippen LogP contribution in [0.15, 0.2) is 0 Å². The van der Waals surface area contributed by atoms with Crippen molar-refractivity contribution in [3.8, 4) is 0 Å². The summed E-state index contributed by atoms with van der Waals surface area (Å²) in [5, 5.41) is 17.0. The third-order valence-corrected chi connectivity index (χ3v) is 1.11. The monoisotopic (exact) mass is 161 g/mol. The van der Waals surface area contributed by atoms with Gasteiger partial charge >= 0.3 is 5.97 Å². The minimum absolute atomic E-state index is 0.385. The van der Waals surface area contributed by atoms with E-state index in [0.29, 0.717) is 0 Å². The van der Waals surface area contributed by atoms with Crippen molar-refractivity contribution >= 4 is 11.9 Å². The molecule has 0 spiro atoms. The second kappa shape index (κ2) is 3.92. The van der Waals surface area contributed by atoms with E-state index in [1.165, 1.54) is 14.0 Å². The molecule has 5 nitrogen and oxygen atoms in total. The standard InChI is InChI=1S/C6H11NO4/c1-4(8)6(11)7(2)3-5(9)10/h4,8H,3H2,1-2H3,(H,9,10). The van der Waals surface area contributed by atoms with Crippen LogP contribution in [0.4, 0.5) is 0 Å². The number of aliphatic hydroxyl groups is 1. The normalized spacial score (nSPS) is 12.3. The fraction of sp³-hybridized carbons (Fsp3) is 0.667. The van der Waals surface area contributed by atoms with Gasteiger partial charge in [0.1, 0.15) is 12.6 Å². The summed E-state index contributed by atoms with van der Waals surface area (Å²) < 4.78 is 0. The zero-order valence-electron chi connectivity index (χ0n) is 6.44. The zero-order chi connectivity index (χ0) is 9.02. The molecule has 11 heavy (non-hydrogen) atoms. The maximum absolute atomic E-state index is 10.8. The van der Waals surface area contributed by atoms with Crippen molar-refractivity contribution in [2.24, 2.45) is 0 Å². The maximum Gasteiger partial charge on any atom is 0.323 e. The van der Waals surface area contributed by atoms with Crippen molar-refractivity contribution in [3.05, 3.63) is 0 Å². The number of rotatable bonds is 3. The minimum atomic E-state index is -1.14. The smallest absolute Gasteiger partial charge is 0.323 e. The van der Waals surface area contributed by atoms with Gasteiger partial charge in [0.05, 0.1) is 0 Å². The van der Waals surface area contributed by atoms with E-state index < -0.39 is 18.0 Å². The fourth-order valence-corrected chi connectivity index (χ4v) is 0.600. The molecule has 0 aliphatic carbocycles. The van der Waals surface area contributed by atoms with Gasteiger partial charge in [-0.15, -0.1) is 0 Å². The topological polar surface area (TPSA) is 77.8 Å². The molecule has 1 amide bonds. The summed E-state index contributed by atoms with van der Waals surface area (Å²) in [6.07, 6.45) is -1.14. The van der Waals surface area contributed by atoms with Gasteiger partial charge in [-0.3, -0.25) is 9.59 Å². The van der Waals surface area contributed by atoms with E-state index in [0.717, 1.165) is 4.90 Å². The zero-order valence-corrected chi connectivity index (χ0v) is 6.44. The van der Waals surface area contributed by atoms with Gasteiger partial charge in [0.25, 0.3) is 5.91 Å². The SMILES string of the molecule is CC(O)C(=O)N(C)CC(=O)O. The first-order valence-corrected chi connectivity index (χ1v) is 3.10. The molecular formula is C6H11NO4. The summed E-state index contributed by atoms with van der Waals surface area (Å²) in [6, 6.07) is 0. The number of nitrogens with zero attached hydrogens (tertiary/aromatic N) is 1. The van der Waals surface area contributed by atoms with Crippen LogP contribution < -0.4 is 0 Å². The number of carboxylic acids is 1. The van der Waals surface area contributed by atoms with E-state index in [4.69, 9.17) is 10.2 Å². The molecule has 1 atom stereocenters. The van der Waals surface area contributed by atoms with Crippen LogP contribution in [0.5, 0.6) is 0 Å². The highest BCUT2D eigenvalue weighted by Crippen LogP contribution is 1.89. The molecule has 0 aromatic heterocycles. The average molecular weight is 161 g/mol. The van der Waals surface area contributed by atoms with Crippen LogP contribution in [0.3, 0.4) is 0 Å². The Morgan fingerprint density at radius 3 is 2.27 bits per heavy atom. The second-order valence-corrected chi connectivity index (χ2v) is 2.26. The van der Waals surface area contributed by atoms with Crippen molar-refractivity contribution in [2.45, 2.75) is 13.0 Å². The number of likely N-dealkylation sites (N-methyl/N-ethyl adjacent to an activating group) is 1. The van der Waals surface area contributed by atoms with Gasteiger partial charge in [0.15, 0.2) is 0 Å². The van der Waals surface area contributed by atoms with Crippen LogP contribution in [0.25, 0.3) is 0 Å². The number of hydrogen-bond acceptors (Lipinski definition) is 3. The molecule has 2 N–H and O–H groups in total. The summed E-state index contributed by atoms with van der Waals surface area (Å²) >= 11 is 0.